The highest BCUT2D eigenvalue weighted by Crippen LogP contribution is 2.21. The topological polar surface area (TPSA) is 30.5 Å². The summed E-state index contributed by atoms with van der Waals surface area (Å²) in [5.74, 6) is 0. The third-order valence-electron chi connectivity index (χ3n) is 0.843. The fraction of sp³-hybridized carbons (Fsp3) is 0.750. The van der Waals surface area contributed by atoms with E-state index in [-0.39, 0.29) is 6.54 Å². The van der Waals surface area contributed by atoms with Gasteiger partial charge in [0, 0.05) is 13.0 Å². The van der Waals surface area contributed by atoms with Crippen molar-refractivity contribution in [1.29, 1.82) is 0 Å². The van der Waals surface area contributed by atoms with Crippen LogP contribution in [0.1, 0.15) is 0 Å². The number of rotatable bonds is 1. The first-order chi connectivity index (χ1) is 4.58. The van der Waals surface area contributed by atoms with Crippen molar-refractivity contribution in [3.63, 3.8) is 0 Å². The van der Waals surface area contributed by atoms with Gasteiger partial charge in [0.05, 0.1) is 0 Å². The van der Waals surface area contributed by atoms with Crippen molar-refractivity contribution in [2.45, 2.75) is 12.7 Å². The highest BCUT2D eigenvalue weighted by Gasteiger charge is 2.35. The normalized spacial score (nSPS) is 27.3. The van der Waals surface area contributed by atoms with Crippen molar-refractivity contribution in [3.8, 4) is 0 Å². The van der Waals surface area contributed by atoms with Crippen molar-refractivity contribution in [3.05, 3.63) is 6.42 Å². The molecular formula is C4H5F3NO2. The minimum atomic E-state index is -4.63. The predicted octanol–water partition coefficient (Wildman–Crippen LogP) is 0.588. The van der Waals surface area contributed by atoms with Crippen LogP contribution in [0.15, 0.2) is 0 Å². The van der Waals surface area contributed by atoms with Gasteiger partial charge in [0.1, 0.15) is 0 Å². The summed E-state index contributed by atoms with van der Waals surface area (Å²) in [4.78, 5) is 4.28. The molecule has 1 aliphatic heterocycles. The first-order valence-corrected chi connectivity index (χ1v) is 2.54. The number of ether oxygens (including phenoxy) is 1. The van der Waals surface area contributed by atoms with Crippen LogP contribution in [-0.4, -0.2) is 19.2 Å². The molecule has 0 bridgehead atoms. The van der Waals surface area contributed by atoms with Crippen molar-refractivity contribution in [2.75, 3.05) is 6.54 Å². The SMILES string of the molecule is FC(F)(F)OC1[CH]CNO1. The second-order valence-electron chi connectivity index (χ2n) is 1.63. The van der Waals surface area contributed by atoms with Crippen LogP contribution in [0.2, 0.25) is 0 Å². The number of hydrogen-bond acceptors (Lipinski definition) is 3. The molecular weight excluding hydrogens is 151 g/mol. The molecule has 1 rings (SSSR count). The largest absolute Gasteiger partial charge is 0.524 e. The molecule has 1 unspecified atom stereocenters. The van der Waals surface area contributed by atoms with E-state index >= 15 is 0 Å². The fourth-order valence-corrected chi connectivity index (χ4v) is 0.527. The van der Waals surface area contributed by atoms with Gasteiger partial charge in [-0.2, -0.15) is 5.48 Å². The lowest BCUT2D eigenvalue weighted by Gasteiger charge is -2.11. The van der Waals surface area contributed by atoms with E-state index in [0.717, 1.165) is 0 Å². The molecule has 0 aliphatic carbocycles. The summed E-state index contributed by atoms with van der Waals surface area (Å²) in [5, 5.41) is 0. The van der Waals surface area contributed by atoms with E-state index in [1.165, 1.54) is 6.42 Å². The predicted molar refractivity (Wildman–Crippen MR) is 24.3 cm³/mol. The Morgan fingerprint density at radius 2 is 2.30 bits per heavy atom. The zero-order valence-corrected chi connectivity index (χ0v) is 4.81. The Bertz CT molecular complexity index is 110. The average molecular weight is 156 g/mol. The number of halogens is 3. The van der Waals surface area contributed by atoms with Gasteiger partial charge >= 0.3 is 6.36 Å². The lowest BCUT2D eigenvalue weighted by molar-refractivity contribution is -0.371. The molecule has 6 heteroatoms. The highest BCUT2D eigenvalue weighted by atomic mass is 19.4. The zero-order valence-electron chi connectivity index (χ0n) is 4.81. The van der Waals surface area contributed by atoms with E-state index in [4.69, 9.17) is 0 Å². The molecule has 10 heavy (non-hydrogen) atoms. The maximum atomic E-state index is 11.4. The van der Waals surface area contributed by atoms with Gasteiger partial charge in [-0.3, -0.25) is 9.57 Å². The molecule has 1 N–H and O–H groups in total. The summed E-state index contributed by atoms with van der Waals surface area (Å²) < 4.78 is 37.5. The molecule has 0 aromatic rings. The van der Waals surface area contributed by atoms with Gasteiger partial charge in [0.2, 0.25) is 0 Å². The molecule has 1 heterocycles. The van der Waals surface area contributed by atoms with Crippen LogP contribution in [-0.2, 0) is 9.57 Å². The smallest absolute Gasteiger partial charge is 0.269 e. The molecule has 0 aromatic carbocycles. The van der Waals surface area contributed by atoms with Crippen LogP contribution in [0.4, 0.5) is 13.2 Å². The first kappa shape index (κ1) is 7.77. The molecule has 1 aliphatic rings. The average Bonchev–Trinajstić information content (AvgIpc) is 2.12. The Hall–Kier alpha value is -0.330. The van der Waals surface area contributed by atoms with E-state index in [9.17, 15) is 13.2 Å². The van der Waals surface area contributed by atoms with Gasteiger partial charge in [0.15, 0.2) is 6.29 Å². The maximum Gasteiger partial charge on any atom is 0.524 e. The zero-order chi connectivity index (χ0) is 7.61. The first-order valence-electron chi connectivity index (χ1n) is 2.54. The van der Waals surface area contributed by atoms with Crippen LogP contribution in [0, 0.1) is 6.42 Å². The van der Waals surface area contributed by atoms with Gasteiger partial charge in [-0.1, -0.05) is 0 Å². The van der Waals surface area contributed by atoms with Crippen LogP contribution >= 0.6 is 0 Å². The van der Waals surface area contributed by atoms with Gasteiger partial charge in [-0.05, 0) is 0 Å². The van der Waals surface area contributed by atoms with Gasteiger partial charge in [-0.15, -0.1) is 13.2 Å². The third-order valence-corrected chi connectivity index (χ3v) is 0.843. The van der Waals surface area contributed by atoms with E-state index < -0.39 is 12.7 Å². The molecule has 59 valence electrons. The Balaban J connectivity index is 2.24. The second-order valence-corrected chi connectivity index (χ2v) is 1.63. The highest BCUT2D eigenvalue weighted by molar-refractivity contribution is 4.75. The second kappa shape index (κ2) is 2.73. The van der Waals surface area contributed by atoms with Crippen molar-refractivity contribution < 1.29 is 22.7 Å². The van der Waals surface area contributed by atoms with Crippen LogP contribution in [0.3, 0.4) is 0 Å². The van der Waals surface area contributed by atoms with E-state index in [0.29, 0.717) is 0 Å². The number of alkyl halides is 3. The molecule has 1 fully saturated rings. The minimum absolute atomic E-state index is 0.265. The quantitative estimate of drug-likeness (QED) is 0.602. The van der Waals surface area contributed by atoms with Gasteiger partial charge in [0.25, 0.3) is 0 Å². The standard InChI is InChI=1S/C4H5F3NO2/c5-4(6,7)9-3-1-2-8-10-3/h1,3,8H,2H2. The molecule has 1 saturated heterocycles. The van der Waals surface area contributed by atoms with E-state index in [1.54, 1.807) is 0 Å². The Kier molecular flexibility index (Phi) is 2.12. The molecule has 0 saturated carbocycles. The Labute approximate surface area is 55.1 Å². The van der Waals surface area contributed by atoms with E-state index in [2.05, 4.69) is 15.1 Å². The van der Waals surface area contributed by atoms with Crippen molar-refractivity contribution in [1.82, 2.24) is 5.48 Å². The van der Waals surface area contributed by atoms with Crippen LogP contribution in [0.25, 0.3) is 0 Å². The van der Waals surface area contributed by atoms with Crippen molar-refractivity contribution >= 4 is 0 Å². The molecule has 1 atom stereocenters. The maximum absolute atomic E-state index is 11.4. The van der Waals surface area contributed by atoms with E-state index in [1.807, 2.05) is 0 Å². The monoisotopic (exact) mass is 156 g/mol. The number of nitrogens with one attached hydrogen (secondary N) is 1. The minimum Gasteiger partial charge on any atom is -0.269 e. The van der Waals surface area contributed by atoms with Gasteiger partial charge < -0.3 is 0 Å². The molecule has 0 aromatic heterocycles. The van der Waals surface area contributed by atoms with Crippen molar-refractivity contribution in [2.24, 2.45) is 0 Å². The lowest BCUT2D eigenvalue weighted by Crippen LogP contribution is -2.24. The summed E-state index contributed by atoms with van der Waals surface area (Å²) >= 11 is 0. The van der Waals surface area contributed by atoms with Gasteiger partial charge in [-0.25, -0.2) is 0 Å². The molecule has 1 radical (unpaired) electrons. The summed E-state index contributed by atoms with van der Waals surface area (Å²) in [7, 11) is 0. The molecule has 3 nitrogen and oxygen atoms in total. The molecule has 0 spiro atoms. The molecule has 0 amide bonds. The van der Waals surface area contributed by atoms with Crippen LogP contribution < -0.4 is 5.48 Å². The lowest BCUT2D eigenvalue weighted by atomic mass is 10.4. The third kappa shape index (κ3) is 2.51. The fourth-order valence-electron chi connectivity index (χ4n) is 0.527. The number of hydrogen-bond donors (Lipinski definition) is 1. The summed E-state index contributed by atoms with van der Waals surface area (Å²) in [5.41, 5.74) is 2.21. The Morgan fingerprint density at radius 1 is 1.60 bits per heavy atom. The van der Waals surface area contributed by atoms with Crippen LogP contribution in [0.5, 0.6) is 0 Å². The summed E-state index contributed by atoms with van der Waals surface area (Å²) in [6, 6.07) is 0. The number of hydroxylamine groups is 1. The Morgan fingerprint density at radius 3 is 2.70 bits per heavy atom. The summed E-state index contributed by atoms with van der Waals surface area (Å²) in [6.07, 6.45) is -4.71. The summed E-state index contributed by atoms with van der Waals surface area (Å²) in [6.45, 7) is 0.265.